The largest absolute Gasteiger partial charge is 0.487 e. The minimum atomic E-state index is -0.336. The Morgan fingerprint density at radius 1 is 1.25 bits per heavy atom. The molecule has 4 heteroatoms. The Labute approximate surface area is 125 Å². The molecule has 0 amide bonds. The van der Waals surface area contributed by atoms with Gasteiger partial charge in [-0.3, -0.25) is 0 Å². The van der Waals surface area contributed by atoms with Gasteiger partial charge in [-0.2, -0.15) is 0 Å². The van der Waals surface area contributed by atoms with E-state index in [-0.39, 0.29) is 17.7 Å². The number of para-hydroxylation sites is 1. The summed E-state index contributed by atoms with van der Waals surface area (Å²) >= 11 is 3.30. The molecular formula is C16H14BrFO2. The van der Waals surface area contributed by atoms with Crippen LogP contribution in [0.5, 0.6) is 11.5 Å². The van der Waals surface area contributed by atoms with E-state index in [1.165, 1.54) is 11.6 Å². The van der Waals surface area contributed by atoms with Crippen LogP contribution in [0.1, 0.15) is 11.1 Å². The van der Waals surface area contributed by atoms with Gasteiger partial charge in [0.2, 0.25) is 0 Å². The molecule has 0 saturated heterocycles. The normalized spacial score (nSPS) is 16.6. The van der Waals surface area contributed by atoms with Gasteiger partial charge in [-0.25, -0.2) is 4.39 Å². The van der Waals surface area contributed by atoms with Crippen LogP contribution in [0.4, 0.5) is 4.39 Å². The molecule has 1 aliphatic heterocycles. The van der Waals surface area contributed by atoms with Gasteiger partial charge in [0.05, 0.1) is 0 Å². The second-order valence-corrected chi connectivity index (χ2v) is 5.32. The first-order valence-electron chi connectivity index (χ1n) is 6.48. The van der Waals surface area contributed by atoms with Crippen molar-refractivity contribution >= 4 is 15.9 Å². The summed E-state index contributed by atoms with van der Waals surface area (Å²) in [6.07, 6.45) is 0.750. The zero-order chi connectivity index (χ0) is 13.9. The van der Waals surface area contributed by atoms with Crippen molar-refractivity contribution in [3.63, 3.8) is 0 Å². The van der Waals surface area contributed by atoms with Gasteiger partial charge < -0.3 is 9.47 Å². The SMILES string of the molecule is Fc1cc(CBr)ccc1OCC1Cc2ccccc2O1. The molecule has 3 rings (SSSR count). The summed E-state index contributed by atoms with van der Waals surface area (Å²) in [6.45, 7) is 0.346. The first-order chi connectivity index (χ1) is 9.76. The minimum absolute atomic E-state index is 0.0531. The molecule has 1 heterocycles. The average molecular weight is 337 g/mol. The molecule has 2 aromatic carbocycles. The fourth-order valence-corrected chi connectivity index (χ4v) is 2.62. The molecule has 1 aliphatic rings. The third kappa shape index (κ3) is 2.80. The van der Waals surface area contributed by atoms with E-state index < -0.39 is 0 Å². The molecule has 0 N–H and O–H groups in total. The lowest BCUT2D eigenvalue weighted by atomic mass is 10.1. The standard InChI is InChI=1S/C16H14BrFO2/c17-9-11-5-6-16(14(18)7-11)19-10-13-8-12-3-1-2-4-15(12)20-13/h1-7,13H,8-10H2. The van der Waals surface area contributed by atoms with Gasteiger partial charge in [-0.05, 0) is 29.3 Å². The summed E-state index contributed by atoms with van der Waals surface area (Å²) in [5, 5.41) is 0.630. The topological polar surface area (TPSA) is 18.5 Å². The van der Waals surface area contributed by atoms with Crippen LogP contribution in [-0.2, 0) is 11.8 Å². The predicted octanol–water partition coefficient (Wildman–Crippen LogP) is 4.10. The molecule has 20 heavy (non-hydrogen) atoms. The summed E-state index contributed by atoms with van der Waals surface area (Å²) in [4.78, 5) is 0. The Morgan fingerprint density at radius 2 is 2.10 bits per heavy atom. The molecule has 2 aromatic rings. The van der Waals surface area contributed by atoms with Crippen LogP contribution in [0.15, 0.2) is 42.5 Å². The number of alkyl halides is 1. The molecule has 0 fully saturated rings. The Hall–Kier alpha value is -1.55. The van der Waals surface area contributed by atoms with Crippen LogP contribution in [0, 0.1) is 5.82 Å². The van der Waals surface area contributed by atoms with Crippen LogP contribution in [-0.4, -0.2) is 12.7 Å². The van der Waals surface area contributed by atoms with Crippen molar-refractivity contribution < 1.29 is 13.9 Å². The minimum Gasteiger partial charge on any atom is -0.487 e. The van der Waals surface area contributed by atoms with Gasteiger partial charge in [0, 0.05) is 11.8 Å². The molecule has 1 atom stereocenters. The van der Waals surface area contributed by atoms with Crippen LogP contribution < -0.4 is 9.47 Å². The summed E-state index contributed by atoms with van der Waals surface area (Å²) in [5.41, 5.74) is 2.07. The Bertz CT molecular complexity index is 590. The first kappa shape index (κ1) is 13.4. The van der Waals surface area contributed by atoms with Crippen LogP contribution in [0.2, 0.25) is 0 Å². The monoisotopic (exact) mass is 336 g/mol. The molecule has 104 valence electrons. The van der Waals surface area contributed by atoms with Crippen molar-refractivity contribution in [3.8, 4) is 11.5 Å². The summed E-state index contributed by atoms with van der Waals surface area (Å²) in [6, 6.07) is 12.9. The number of benzene rings is 2. The zero-order valence-electron chi connectivity index (χ0n) is 10.8. The third-order valence-electron chi connectivity index (χ3n) is 3.29. The summed E-state index contributed by atoms with van der Waals surface area (Å²) in [5.74, 6) is 0.836. The maximum Gasteiger partial charge on any atom is 0.165 e. The van der Waals surface area contributed by atoms with Gasteiger partial charge in [-0.1, -0.05) is 40.2 Å². The third-order valence-corrected chi connectivity index (χ3v) is 3.94. The van der Waals surface area contributed by atoms with Crippen molar-refractivity contribution in [1.82, 2.24) is 0 Å². The predicted molar refractivity (Wildman–Crippen MR) is 79.1 cm³/mol. The van der Waals surface area contributed by atoms with E-state index in [4.69, 9.17) is 9.47 Å². The van der Waals surface area contributed by atoms with Gasteiger partial charge in [-0.15, -0.1) is 0 Å². The molecule has 2 nitrogen and oxygen atoms in total. The highest BCUT2D eigenvalue weighted by atomic mass is 79.9. The molecule has 0 spiro atoms. The Balaban J connectivity index is 1.61. The fourth-order valence-electron chi connectivity index (χ4n) is 2.27. The van der Waals surface area contributed by atoms with Crippen molar-refractivity contribution in [1.29, 1.82) is 0 Å². The van der Waals surface area contributed by atoms with E-state index in [9.17, 15) is 4.39 Å². The fraction of sp³-hybridized carbons (Fsp3) is 0.250. The van der Waals surface area contributed by atoms with Crippen LogP contribution in [0.3, 0.4) is 0 Å². The first-order valence-corrected chi connectivity index (χ1v) is 7.60. The smallest absolute Gasteiger partial charge is 0.165 e. The Morgan fingerprint density at radius 3 is 2.85 bits per heavy atom. The number of hydrogen-bond acceptors (Lipinski definition) is 2. The highest BCUT2D eigenvalue weighted by Crippen LogP contribution is 2.29. The highest BCUT2D eigenvalue weighted by Gasteiger charge is 2.23. The quantitative estimate of drug-likeness (QED) is 0.782. The van der Waals surface area contributed by atoms with Gasteiger partial charge in [0.15, 0.2) is 11.6 Å². The highest BCUT2D eigenvalue weighted by molar-refractivity contribution is 9.08. The summed E-state index contributed by atoms with van der Waals surface area (Å²) in [7, 11) is 0. The van der Waals surface area contributed by atoms with Gasteiger partial charge in [0.25, 0.3) is 0 Å². The number of halogens is 2. The maximum atomic E-state index is 13.8. The van der Waals surface area contributed by atoms with Gasteiger partial charge >= 0.3 is 0 Å². The van der Waals surface area contributed by atoms with Crippen LogP contribution in [0.25, 0.3) is 0 Å². The number of rotatable bonds is 4. The zero-order valence-corrected chi connectivity index (χ0v) is 12.4. The van der Waals surface area contributed by atoms with E-state index >= 15 is 0 Å². The molecule has 0 saturated carbocycles. The number of fused-ring (bicyclic) bond motifs is 1. The molecule has 0 aromatic heterocycles. The molecule has 0 aliphatic carbocycles. The number of hydrogen-bond donors (Lipinski definition) is 0. The molecule has 0 radical (unpaired) electrons. The van der Waals surface area contributed by atoms with E-state index in [1.807, 2.05) is 30.3 Å². The molecule has 1 unspecified atom stereocenters. The number of ether oxygens (including phenoxy) is 2. The summed E-state index contributed by atoms with van der Waals surface area (Å²) < 4.78 is 25.1. The van der Waals surface area contributed by atoms with Crippen molar-refractivity contribution in [2.24, 2.45) is 0 Å². The van der Waals surface area contributed by atoms with Gasteiger partial charge in [0.1, 0.15) is 18.5 Å². The average Bonchev–Trinajstić information content (AvgIpc) is 2.88. The van der Waals surface area contributed by atoms with Crippen molar-refractivity contribution in [3.05, 3.63) is 59.4 Å². The Kier molecular flexibility index (Phi) is 3.92. The second-order valence-electron chi connectivity index (χ2n) is 4.76. The van der Waals surface area contributed by atoms with E-state index in [1.54, 1.807) is 6.07 Å². The van der Waals surface area contributed by atoms with Crippen molar-refractivity contribution in [2.75, 3.05) is 6.61 Å². The lowest BCUT2D eigenvalue weighted by molar-refractivity contribution is 0.145. The van der Waals surface area contributed by atoms with E-state index in [0.29, 0.717) is 11.9 Å². The lowest BCUT2D eigenvalue weighted by Gasteiger charge is -2.13. The van der Waals surface area contributed by atoms with Crippen molar-refractivity contribution in [2.45, 2.75) is 17.9 Å². The maximum absolute atomic E-state index is 13.8. The second kappa shape index (κ2) is 5.83. The molecule has 0 bridgehead atoms. The molecular weight excluding hydrogens is 323 g/mol. The van der Waals surface area contributed by atoms with E-state index in [0.717, 1.165) is 17.7 Å². The lowest BCUT2D eigenvalue weighted by Crippen LogP contribution is -2.22. The van der Waals surface area contributed by atoms with Crippen LogP contribution >= 0.6 is 15.9 Å². The van der Waals surface area contributed by atoms with E-state index in [2.05, 4.69) is 15.9 Å².